The van der Waals surface area contributed by atoms with Gasteiger partial charge in [-0.1, -0.05) is 30.3 Å². The van der Waals surface area contributed by atoms with Crippen LogP contribution in [-0.4, -0.2) is 45.7 Å². The molecule has 0 saturated carbocycles. The summed E-state index contributed by atoms with van der Waals surface area (Å²) in [4.78, 5) is 14.2. The van der Waals surface area contributed by atoms with E-state index in [-0.39, 0.29) is 6.61 Å². The van der Waals surface area contributed by atoms with E-state index in [2.05, 4.69) is 0 Å². The van der Waals surface area contributed by atoms with E-state index in [1.54, 1.807) is 6.92 Å². The predicted molar refractivity (Wildman–Crippen MR) is 92.7 cm³/mol. The molecular weight excluding hydrogens is 306 g/mol. The Morgan fingerprint density at radius 2 is 1.88 bits per heavy atom. The summed E-state index contributed by atoms with van der Waals surface area (Å²) in [6.07, 6.45) is -0.0413. The van der Waals surface area contributed by atoms with Crippen molar-refractivity contribution in [3.8, 4) is 0 Å². The van der Waals surface area contributed by atoms with Gasteiger partial charge in [0.15, 0.2) is 0 Å². The number of hydrogen-bond acceptors (Lipinski definition) is 4. The highest BCUT2D eigenvalue weighted by Crippen LogP contribution is 2.35. The molecule has 1 aliphatic rings. The molecule has 5 heteroatoms. The Morgan fingerprint density at radius 3 is 2.42 bits per heavy atom. The van der Waals surface area contributed by atoms with E-state index in [9.17, 15) is 9.90 Å². The van der Waals surface area contributed by atoms with Crippen LogP contribution in [0.1, 0.15) is 47.1 Å². The molecule has 1 N–H and O–H groups in total. The first-order chi connectivity index (χ1) is 10.9. The molecule has 1 aliphatic heterocycles. The maximum Gasteiger partial charge on any atom is 0.413 e. The molecule has 24 heavy (non-hydrogen) atoms. The molecule has 2 rings (SSSR count). The SMILES string of the molecule is CC(C)(C)OC(=O)N1C(C(C)(O)Cc2ccccc2)COC1(C)C. The number of benzene rings is 1. The first kappa shape index (κ1) is 18.7. The van der Waals surface area contributed by atoms with Crippen LogP contribution in [0.15, 0.2) is 30.3 Å². The average molecular weight is 335 g/mol. The molecule has 1 aromatic carbocycles. The van der Waals surface area contributed by atoms with Crippen molar-refractivity contribution in [1.82, 2.24) is 4.90 Å². The monoisotopic (exact) mass is 335 g/mol. The van der Waals surface area contributed by atoms with Crippen molar-refractivity contribution in [2.75, 3.05) is 6.61 Å². The minimum atomic E-state index is -1.13. The van der Waals surface area contributed by atoms with Crippen LogP contribution in [0.2, 0.25) is 0 Å². The lowest BCUT2D eigenvalue weighted by Crippen LogP contribution is -2.58. The summed E-state index contributed by atoms with van der Waals surface area (Å²) in [7, 11) is 0. The average Bonchev–Trinajstić information content (AvgIpc) is 2.74. The molecule has 134 valence electrons. The van der Waals surface area contributed by atoms with Crippen LogP contribution in [0, 0.1) is 0 Å². The highest BCUT2D eigenvalue weighted by molar-refractivity contribution is 5.70. The Morgan fingerprint density at radius 1 is 1.29 bits per heavy atom. The van der Waals surface area contributed by atoms with E-state index in [4.69, 9.17) is 9.47 Å². The van der Waals surface area contributed by atoms with Gasteiger partial charge in [0.2, 0.25) is 0 Å². The van der Waals surface area contributed by atoms with Crippen LogP contribution in [0.25, 0.3) is 0 Å². The van der Waals surface area contributed by atoms with Gasteiger partial charge in [-0.25, -0.2) is 4.79 Å². The molecule has 0 bridgehead atoms. The summed E-state index contributed by atoms with van der Waals surface area (Å²) in [5, 5.41) is 11.1. The van der Waals surface area contributed by atoms with E-state index in [0.29, 0.717) is 6.42 Å². The van der Waals surface area contributed by atoms with E-state index in [1.807, 2.05) is 65.0 Å². The molecule has 1 amide bonds. The minimum absolute atomic E-state index is 0.270. The van der Waals surface area contributed by atoms with E-state index >= 15 is 0 Å². The van der Waals surface area contributed by atoms with Gasteiger partial charge >= 0.3 is 6.09 Å². The highest BCUT2D eigenvalue weighted by Gasteiger charge is 2.52. The predicted octanol–water partition coefficient (Wildman–Crippen LogP) is 3.35. The van der Waals surface area contributed by atoms with Crippen molar-refractivity contribution in [2.45, 2.75) is 70.9 Å². The second kappa shape index (κ2) is 6.37. The van der Waals surface area contributed by atoms with Gasteiger partial charge in [-0.05, 0) is 47.1 Å². The molecule has 0 aromatic heterocycles. The zero-order valence-corrected chi connectivity index (χ0v) is 15.5. The Labute approximate surface area is 144 Å². The molecule has 0 radical (unpaired) electrons. The largest absolute Gasteiger partial charge is 0.444 e. The number of hydrogen-bond donors (Lipinski definition) is 1. The molecule has 1 aromatic rings. The van der Waals surface area contributed by atoms with Crippen LogP contribution in [0.3, 0.4) is 0 Å². The Balaban J connectivity index is 2.24. The van der Waals surface area contributed by atoms with Gasteiger partial charge in [0, 0.05) is 6.42 Å². The van der Waals surface area contributed by atoms with Crippen LogP contribution in [-0.2, 0) is 15.9 Å². The van der Waals surface area contributed by atoms with Crippen molar-refractivity contribution in [1.29, 1.82) is 0 Å². The number of carbonyl (C=O) groups excluding carboxylic acids is 1. The fourth-order valence-corrected chi connectivity index (χ4v) is 3.05. The summed E-state index contributed by atoms with van der Waals surface area (Å²) in [5.41, 5.74) is -1.55. The third-order valence-electron chi connectivity index (χ3n) is 4.20. The molecule has 2 unspecified atom stereocenters. The number of carbonyl (C=O) groups is 1. The van der Waals surface area contributed by atoms with Crippen molar-refractivity contribution in [3.05, 3.63) is 35.9 Å². The number of amides is 1. The molecule has 5 nitrogen and oxygen atoms in total. The van der Waals surface area contributed by atoms with Crippen LogP contribution >= 0.6 is 0 Å². The lowest BCUT2D eigenvalue weighted by molar-refractivity contribution is -0.0785. The summed E-state index contributed by atoms with van der Waals surface area (Å²) in [6, 6.07) is 9.26. The number of aliphatic hydroxyl groups is 1. The molecule has 1 fully saturated rings. The van der Waals surface area contributed by atoms with Crippen molar-refractivity contribution < 1.29 is 19.4 Å². The second-order valence-electron chi connectivity index (χ2n) is 8.14. The zero-order chi connectivity index (χ0) is 18.2. The molecule has 1 saturated heterocycles. The maximum absolute atomic E-state index is 12.7. The van der Waals surface area contributed by atoms with Crippen LogP contribution in [0.5, 0.6) is 0 Å². The molecule has 0 aliphatic carbocycles. The van der Waals surface area contributed by atoms with E-state index in [0.717, 1.165) is 5.56 Å². The lowest BCUT2D eigenvalue weighted by atomic mass is 9.88. The third kappa shape index (κ3) is 4.28. The first-order valence-corrected chi connectivity index (χ1v) is 8.35. The minimum Gasteiger partial charge on any atom is -0.444 e. The summed E-state index contributed by atoms with van der Waals surface area (Å²) in [5.74, 6) is 0. The summed E-state index contributed by atoms with van der Waals surface area (Å²) in [6.45, 7) is 11.1. The molecule has 0 spiro atoms. The van der Waals surface area contributed by atoms with Gasteiger partial charge in [-0.2, -0.15) is 0 Å². The lowest BCUT2D eigenvalue weighted by Gasteiger charge is -2.40. The second-order valence-corrected chi connectivity index (χ2v) is 8.14. The van der Waals surface area contributed by atoms with Gasteiger partial charge in [0.1, 0.15) is 11.3 Å². The van der Waals surface area contributed by atoms with Crippen LogP contribution < -0.4 is 0 Å². The van der Waals surface area contributed by atoms with Gasteiger partial charge in [-0.15, -0.1) is 0 Å². The zero-order valence-electron chi connectivity index (χ0n) is 15.5. The topological polar surface area (TPSA) is 59.0 Å². The molecule has 2 atom stereocenters. The smallest absolute Gasteiger partial charge is 0.413 e. The van der Waals surface area contributed by atoms with Crippen LogP contribution in [0.4, 0.5) is 4.79 Å². The van der Waals surface area contributed by atoms with Gasteiger partial charge < -0.3 is 14.6 Å². The third-order valence-corrected chi connectivity index (χ3v) is 4.20. The highest BCUT2D eigenvalue weighted by atomic mass is 16.6. The van der Waals surface area contributed by atoms with Crippen molar-refractivity contribution in [3.63, 3.8) is 0 Å². The summed E-state index contributed by atoms with van der Waals surface area (Å²) >= 11 is 0. The quantitative estimate of drug-likeness (QED) is 0.920. The van der Waals surface area contributed by atoms with E-state index in [1.165, 1.54) is 4.90 Å². The first-order valence-electron chi connectivity index (χ1n) is 8.35. The normalized spacial score (nSPS) is 23.0. The Bertz CT molecular complexity index is 575. The Kier molecular flexibility index (Phi) is 4.98. The fourth-order valence-electron chi connectivity index (χ4n) is 3.05. The van der Waals surface area contributed by atoms with Gasteiger partial charge in [-0.3, -0.25) is 4.90 Å². The molecular formula is C19H29NO4. The van der Waals surface area contributed by atoms with E-state index < -0.39 is 29.1 Å². The van der Waals surface area contributed by atoms with Crippen molar-refractivity contribution >= 4 is 6.09 Å². The Hall–Kier alpha value is -1.59. The van der Waals surface area contributed by atoms with Crippen molar-refractivity contribution in [2.24, 2.45) is 0 Å². The maximum atomic E-state index is 12.7. The fraction of sp³-hybridized carbons (Fsp3) is 0.632. The number of nitrogens with zero attached hydrogens (tertiary/aromatic N) is 1. The number of ether oxygens (including phenoxy) is 2. The molecule has 1 heterocycles. The van der Waals surface area contributed by atoms with Gasteiger partial charge in [0.25, 0.3) is 0 Å². The van der Waals surface area contributed by atoms with Gasteiger partial charge in [0.05, 0.1) is 18.2 Å². The standard InChI is InChI=1S/C19H29NO4/c1-17(2,3)24-16(21)20-15(13-23-18(20,4)5)19(6,22)12-14-10-8-7-9-11-14/h7-11,15,22H,12-13H2,1-6H3. The summed E-state index contributed by atoms with van der Waals surface area (Å²) < 4.78 is 11.3. The number of rotatable bonds is 3.